The third-order valence-corrected chi connectivity index (χ3v) is 5.96. The predicted molar refractivity (Wildman–Crippen MR) is 98.1 cm³/mol. The van der Waals surface area contributed by atoms with Crippen molar-refractivity contribution in [1.82, 2.24) is 14.5 Å². The number of aromatic nitrogens is 2. The third-order valence-electron chi connectivity index (χ3n) is 5.24. The second-order valence-corrected chi connectivity index (χ2v) is 7.97. The molecule has 1 atom stereocenters. The molecular weight excluding hydrogens is 345 g/mol. The molecule has 4 rings (SSSR count). The summed E-state index contributed by atoms with van der Waals surface area (Å²) >= 11 is 12.2. The summed E-state index contributed by atoms with van der Waals surface area (Å²) in [5.41, 5.74) is 0.592. The van der Waals surface area contributed by atoms with Gasteiger partial charge in [0.05, 0.1) is 20.9 Å². The van der Waals surface area contributed by atoms with Crippen molar-refractivity contribution in [3.8, 4) is 0 Å². The highest BCUT2D eigenvalue weighted by molar-refractivity contribution is 6.42. The summed E-state index contributed by atoms with van der Waals surface area (Å²) in [6.45, 7) is 3.35. The predicted octanol–water partition coefficient (Wildman–Crippen LogP) is 3.83. The molecule has 24 heavy (non-hydrogen) atoms. The van der Waals surface area contributed by atoms with Gasteiger partial charge in [0, 0.05) is 26.1 Å². The summed E-state index contributed by atoms with van der Waals surface area (Å²) in [6.07, 6.45) is 4.97. The van der Waals surface area contributed by atoms with Crippen molar-refractivity contribution in [3.63, 3.8) is 0 Å². The molecule has 1 saturated carbocycles. The zero-order valence-corrected chi connectivity index (χ0v) is 15.3. The first kappa shape index (κ1) is 16.4. The summed E-state index contributed by atoms with van der Waals surface area (Å²) in [5, 5.41) is 1.36. The molecule has 1 aliphatic heterocycles. The zero-order valence-electron chi connectivity index (χ0n) is 13.8. The van der Waals surface area contributed by atoms with Crippen molar-refractivity contribution in [3.05, 3.63) is 38.4 Å². The minimum atomic E-state index is -0.0483. The molecule has 1 aromatic carbocycles. The first-order valence-corrected chi connectivity index (χ1v) is 9.36. The van der Waals surface area contributed by atoms with Crippen LogP contribution in [0.2, 0.25) is 10.0 Å². The van der Waals surface area contributed by atoms with E-state index >= 15 is 0 Å². The van der Waals surface area contributed by atoms with Gasteiger partial charge in [-0.1, -0.05) is 23.2 Å². The molecule has 128 valence electrons. The van der Waals surface area contributed by atoms with Crippen molar-refractivity contribution in [2.45, 2.75) is 31.6 Å². The van der Waals surface area contributed by atoms with Gasteiger partial charge in [-0.2, -0.15) is 0 Å². The highest BCUT2D eigenvalue weighted by atomic mass is 35.5. The van der Waals surface area contributed by atoms with Crippen molar-refractivity contribution in [2.24, 2.45) is 13.0 Å². The molecule has 1 aromatic heterocycles. The van der Waals surface area contributed by atoms with Gasteiger partial charge in [-0.15, -0.1) is 0 Å². The summed E-state index contributed by atoms with van der Waals surface area (Å²) in [4.78, 5) is 20.1. The fourth-order valence-corrected chi connectivity index (χ4v) is 4.07. The van der Waals surface area contributed by atoms with Gasteiger partial charge in [-0.05, 0) is 50.3 Å². The van der Waals surface area contributed by atoms with Crippen LogP contribution < -0.4 is 5.56 Å². The van der Waals surface area contributed by atoms with Crippen molar-refractivity contribution in [2.75, 3.05) is 19.6 Å². The molecule has 2 heterocycles. The van der Waals surface area contributed by atoms with Crippen molar-refractivity contribution in [1.29, 1.82) is 0 Å². The van der Waals surface area contributed by atoms with Crippen LogP contribution in [0.4, 0.5) is 0 Å². The first-order valence-electron chi connectivity index (χ1n) is 8.61. The number of benzene rings is 1. The molecule has 1 saturated heterocycles. The highest BCUT2D eigenvalue weighted by Crippen LogP contribution is 2.33. The Balaban J connectivity index is 1.71. The summed E-state index contributed by atoms with van der Waals surface area (Å²) in [7, 11) is 1.81. The highest BCUT2D eigenvalue weighted by Gasteiger charge is 2.29. The number of halogens is 2. The quantitative estimate of drug-likeness (QED) is 0.829. The third kappa shape index (κ3) is 3.07. The molecule has 0 amide bonds. The van der Waals surface area contributed by atoms with E-state index in [0.717, 1.165) is 37.7 Å². The van der Waals surface area contributed by atoms with Gasteiger partial charge in [-0.25, -0.2) is 4.98 Å². The Morgan fingerprint density at radius 1 is 1.21 bits per heavy atom. The molecular formula is C18H21Cl2N3O. The van der Waals surface area contributed by atoms with Crippen LogP contribution in [0, 0.1) is 5.92 Å². The van der Waals surface area contributed by atoms with Crippen LogP contribution in [0.15, 0.2) is 16.9 Å². The van der Waals surface area contributed by atoms with E-state index in [1.54, 1.807) is 16.7 Å². The SMILES string of the molecule is Cn1c([C@@H]2CCCN(CC3CC3)C2)nc2cc(Cl)c(Cl)cc2c1=O. The topological polar surface area (TPSA) is 38.1 Å². The zero-order chi connectivity index (χ0) is 16.8. The Morgan fingerprint density at radius 3 is 2.71 bits per heavy atom. The van der Waals surface area contributed by atoms with Crippen LogP contribution in [-0.2, 0) is 7.05 Å². The van der Waals surface area contributed by atoms with E-state index in [1.807, 2.05) is 7.05 Å². The van der Waals surface area contributed by atoms with E-state index in [0.29, 0.717) is 26.9 Å². The lowest BCUT2D eigenvalue weighted by molar-refractivity contribution is 0.195. The monoisotopic (exact) mass is 365 g/mol. The van der Waals surface area contributed by atoms with Gasteiger partial charge in [0.2, 0.25) is 0 Å². The Kier molecular flexibility index (Phi) is 4.31. The smallest absolute Gasteiger partial charge is 0.261 e. The van der Waals surface area contributed by atoms with Crippen molar-refractivity contribution < 1.29 is 0 Å². The molecule has 0 bridgehead atoms. The first-order chi connectivity index (χ1) is 11.5. The average molecular weight is 366 g/mol. The van der Waals surface area contributed by atoms with Gasteiger partial charge in [0.15, 0.2) is 0 Å². The molecule has 0 radical (unpaired) electrons. The van der Waals surface area contributed by atoms with Gasteiger partial charge >= 0.3 is 0 Å². The maximum atomic E-state index is 12.7. The molecule has 2 aromatic rings. The Labute approximate surface area is 151 Å². The van der Waals surface area contributed by atoms with Crippen LogP contribution in [0.5, 0.6) is 0 Å². The average Bonchev–Trinajstić information content (AvgIpc) is 3.37. The molecule has 4 nitrogen and oxygen atoms in total. The molecule has 1 aliphatic carbocycles. The lowest BCUT2D eigenvalue weighted by Gasteiger charge is -2.33. The molecule has 6 heteroatoms. The van der Waals surface area contributed by atoms with E-state index < -0.39 is 0 Å². The number of nitrogens with zero attached hydrogens (tertiary/aromatic N) is 3. The van der Waals surface area contributed by atoms with Crippen LogP contribution in [0.25, 0.3) is 10.9 Å². The molecule has 0 N–H and O–H groups in total. The van der Waals surface area contributed by atoms with Crippen LogP contribution in [0.3, 0.4) is 0 Å². The van der Waals surface area contributed by atoms with E-state index in [1.165, 1.54) is 19.4 Å². The fourth-order valence-electron chi connectivity index (χ4n) is 3.75. The Morgan fingerprint density at radius 2 is 1.96 bits per heavy atom. The van der Waals surface area contributed by atoms with Gasteiger partial charge in [0.1, 0.15) is 5.82 Å². The van der Waals surface area contributed by atoms with Crippen LogP contribution in [-0.4, -0.2) is 34.1 Å². The molecule has 0 unspecified atom stereocenters. The Bertz CT molecular complexity index is 844. The molecule has 2 aliphatic rings. The van der Waals surface area contributed by atoms with Gasteiger partial charge in [0.25, 0.3) is 5.56 Å². The standard InChI is InChI=1S/C18H21Cl2N3O/c1-22-17(12-3-2-6-23(10-12)9-11-4-5-11)21-16-8-15(20)14(19)7-13(16)18(22)24/h7-8,11-12H,2-6,9-10H2,1H3/t12-/m1/s1. The minimum Gasteiger partial charge on any atom is -0.302 e. The maximum Gasteiger partial charge on any atom is 0.261 e. The number of hydrogen-bond acceptors (Lipinski definition) is 3. The maximum absolute atomic E-state index is 12.7. The lowest BCUT2D eigenvalue weighted by Crippen LogP contribution is -2.38. The molecule has 0 spiro atoms. The summed E-state index contributed by atoms with van der Waals surface area (Å²) in [6, 6.07) is 3.33. The fraction of sp³-hybridized carbons (Fsp3) is 0.556. The number of fused-ring (bicyclic) bond motifs is 1. The number of rotatable bonds is 3. The van der Waals surface area contributed by atoms with Crippen LogP contribution in [0.1, 0.15) is 37.4 Å². The minimum absolute atomic E-state index is 0.0483. The van der Waals surface area contributed by atoms with E-state index in [9.17, 15) is 4.79 Å². The van der Waals surface area contributed by atoms with Crippen molar-refractivity contribution >= 4 is 34.1 Å². The van der Waals surface area contributed by atoms with Gasteiger partial charge in [-0.3, -0.25) is 9.36 Å². The number of piperidine rings is 1. The molecule has 2 fully saturated rings. The summed E-state index contributed by atoms with van der Waals surface area (Å²) < 4.78 is 1.69. The number of hydrogen-bond donors (Lipinski definition) is 0. The van der Waals surface area contributed by atoms with Crippen LogP contribution >= 0.6 is 23.2 Å². The van der Waals surface area contributed by atoms with E-state index in [4.69, 9.17) is 28.2 Å². The normalized spacial score (nSPS) is 22.2. The second-order valence-electron chi connectivity index (χ2n) is 7.16. The number of likely N-dealkylation sites (tertiary alicyclic amines) is 1. The summed E-state index contributed by atoms with van der Waals surface area (Å²) in [5.74, 6) is 2.05. The van der Waals surface area contributed by atoms with E-state index in [-0.39, 0.29) is 5.56 Å². The Hall–Kier alpha value is -1.10. The van der Waals surface area contributed by atoms with E-state index in [2.05, 4.69) is 4.90 Å². The lowest BCUT2D eigenvalue weighted by atomic mass is 9.96. The van der Waals surface area contributed by atoms with Gasteiger partial charge < -0.3 is 4.90 Å². The second kappa shape index (κ2) is 6.32. The largest absolute Gasteiger partial charge is 0.302 e.